The number of hydrogen-bond donors (Lipinski definition) is 2. The van der Waals surface area contributed by atoms with E-state index in [2.05, 4.69) is 26.2 Å². The second-order valence-electron chi connectivity index (χ2n) is 4.49. The van der Waals surface area contributed by atoms with Crippen LogP contribution >= 0.6 is 15.9 Å². The van der Waals surface area contributed by atoms with Gasteiger partial charge in [-0.25, -0.2) is 4.98 Å². The van der Waals surface area contributed by atoms with Gasteiger partial charge in [0.25, 0.3) is 5.91 Å². The summed E-state index contributed by atoms with van der Waals surface area (Å²) in [5.74, 6) is -0.0297. The number of aromatic nitrogens is 2. The predicted molar refractivity (Wildman–Crippen MR) is 80.7 cm³/mol. The van der Waals surface area contributed by atoms with Crippen molar-refractivity contribution in [1.82, 2.24) is 14.7 Å². The maximum absolute atomic E-state index is 12.1. The lowest BCUT2D eigenvalue weighted by atomic mass is 10.2. The lowest BCUT2D eigenvalue weighted by molar-refractivity contribution is 0.0921. The number of fused-ring (bicyclic) bond motifs is 1. The topological polar surface area (TPSA) is 85.6 Å². The molecule has 3 heterocycles. The largest absolute Gasteiger partial charge is 0.459 e. The molecule has 3 rings (SSSR count). The molecular formula is C14H13BrN4O2. The van der Waals surface area contributed by atoms with Gasteiger partial charge in [-0.05, 0) is 34.1 Å². The van der Waals surface area contributed by atoms with Gasteiger partial charge in [-0.1, -0.05) is 0 Å². The molecule has 0 saturated heterocycles. The average Bonchev–Trinajstić information content (AvgIpc) is 3.11. The summed E-state index contributed by atoms with van der Waals surface area (Å²) >= 11 is 3.42. The zero-order valence-electron chi connectivity index (χ0n) is 11.0. The molecule has 7 heteroatoms. The van der Waals surface area contributed by atoms with E-state index in [4.69, 9.17) is 10.2 Å². The van der Waals surface area contributed by atoms with Crippen LogP contribution in [0.3, 0.4) is 0 Å². The minimum absolute atomic E-state index is 0.257. The summed E-state index contributed by atoms with van der Waals surface area (Å²) in [6.07, 6.45) is 5.10. The van der Waals surface area contributed by atoms with Crippen LogP contribution in [0.2, 0.25) is 0 Å². The highest BCUT2D eigenvalue weighted by atomic mass is 79.9. The van der Waals surface area contributed by atoms with E-state index in [0.717, 1.165) is 15.8 Å². The molecule has 0 unspecified atom stereocenters. The second kappa shape index (κ2) is 5.71. The number of hydrogen-bond acceptors (Lipinski definition) is 4. The molecule has 21 heavy (non-hydrogen) atoms. The first-order valence-corrected chi connectivity index (χ1v) is 7.14. The molecule has 0 bridgehead atoms. The van der Waals surface area contributed by atoms with Gasteiger partial charge in [-0.3, -0.25) is 4.79 Å². The van der Waals surface area contributed by atoms with Crippen LogP contribution < -0.4 is 11.1 Å². The van der Waals surface area contributed by atoms with E-state index in [1.165, 1.54) is 6.26 Å². The number of imidazole rings is 1. The Morgan fingerprint density at radius 1 is 1.43 bits per heavy atom. The third-order valence-electron chi connectivity index (χ3n) is 3.15. The van der Waals surface area contributed by atoms with Crippen LogP contribution in [0.1, 0.15) is 21.8 Å². The van der Waals surface area contributed by atoms with Crippen molar-refractivity contribution < 1.29 is 9.21 Å². The Balaban J connectivity index is 1.77. The van der Waals surface area contributed by atoms with Gasteiger partial charge in [-0.2, -0.15) is 0 Å². The molecule has 3 aromatic heterocycles. The summed E-state index contributed by atoms with van der Waals surface area (Å²) in [4.78, 5) is 16.4. The van der Waals surface area contributed by atoms with Crippen LogP contribution in [0, 0.1) is 0 Å². The van der Waals surface area contributed by atoms with Gasteiger partial charge >= 0.3 is 0 Å². The first-order chi connectivity index (χ1) is 10.2. The molecule has 108 valence electrons. The van der Waals surface area contributed by atoms with E-state index in [1.807, 2.05) is 22.7 Å². The Bertz CT molecular complexity index is 793. The van der Waals surface area contributed by atoms with E-state index in [9.17, 15) is 4.79 Å². The molecule has 0 radical (unpaired) electrons. The highest BCUT2D eigenvalue weighted by molar-refractivity contribution is 9.10. The maximum Gasteiger partial charge on any atom is 0.287 e. The van der Waals surface area contributed by atoms with Crippen molar-refractivity contribution >= 4 is 27.5 Å². The number of halogens is 1. The van der Waals surface area contributed by atoms with Gasteiger partial charge in [0.2, 0.25) is 0 Å². The van der Waals surface area contributed by atoms with Crippen molar-refractivity contribution in [3.8, 4) is 0 Å². The Kier molecular flexibility index (Phi) is 3.76. The predicted octanol–water partition coefficient (Wildman–Crippen LogP) is 2.08. The quantitative estimate of drug-likeness (QED) is 0.755. The first kappa shape index (κ1) is 13.8. The number of nitrogens with one attached hydrogen (secondary N) is 1. The van der Waals surface area contributed by atoms with Crippen LogP contribution in [-0.4, -0.2) is 15.3 Å². The highest BCUT2D eigenvalue weighted by Crippen LogP contribution is 2.14. The van der Waals surface area contributed by atoms with Crippen LogP contribution in [0.5, 0.6) is 0 Å². The third kappa shape index (κ3) is 2.70. The highest BCUT2D eigenvalue weighted by Gasteiger charge is 2.14. The number of nitrogens with two attached hydrogens (primary N) is 1. The molecule has 0 spiro atoms. The zero-order chi connectivity index (χ0) is 14.8. The molecule has 0 aliphatic rings. The Morgan fingerprint density at radius 2 is 2.29 bits per heavy atom. The monoisotopic (exact) mass is 348 g/mol. The minimum atomic E-state index is -0.287. The van der Waals surface area contributed by atoms with Crippen LogP contribution in [0.15, 0.2) is 45.7 Å². The smallest absolute Gasteiger partial charge is 0.287 e. The van der Waals surface area contributed by atoms with Gasteiger partial charge < -0.3 is 19.9 Å². The van der Waals surface area contributed by atoms with Gasteiger partial charge in [0.05, 0.1) is 24.7 Å². The minimum Gasteiger partial charge on any atom is -0.459 e. The fourth-order valence-electron chi connectivity index (χ4n) is 2.08. The normalized spacial score (nSPS) is 11.0. The van der Waals surface area contributed by atoms with E-state index in [-0.39, 0.29) is 18.2 Å². The number of furan rings is 1. The maximum atomic E-state index is 12.1. The molecule has 0 saturated carbocycles. The molecule has 1 amide bonds. The van der Waals surface area contributed by atoms with Crippen molar-refractivity contribution in [3.05, 3.63) is 58.3 Å². The SMILES string of the molecule is NCc1ccoc1C(=O)NCc1cnc2ccc(Br)cn12. The Morgan fingerprint density at radius 3 is 3.10 bits per heavy atom. The number of pyridine rings is 1. The lowest BCUT2D eigenvalue weighted by Gasteiger charge is -2.05. The van der Waals surface area contributed by atoms with Crippen molar-refractivity contribution in [1.29, 1.82) is 0 Å². The fourth-order valence-corrected chi connectivity index (χ4v) is 2.42. The van der Waals surface area contributed by atoms with E-state index < -0.39 is 0 Å². The zero-order valence-corrected chi connectivity index (χ0v) is 12.6. The van der Waals surface area contributed by atoms with Crippen molar-refractivity contribution in [3.63, 3.8) is 0 Å². The van der Waals surface area contributed by atoms with Gasteiger partial charge in [0.15, 0.2) is 5.76 Å². The molecule has 0 atom stereocenters. The average molecular weight is 349 g/mol. The van der Waals surface area contributed by atoms with Gasteiger partial charge in [-0.15, -0.1) is 0 Å². The summed E-state index contributed by atoms with van der Waals surface area (Å²) in [7, 11) is 0. The Labute approximate surface area is 129 Å². The van der Waals surface area contributed by atoms with Gasteiger partial charge in [0.1, 0.15) is 5.65 Å². The van der Waals surface area contributed by atoms with E-state index >= 15 is 0 Å². The van der Waals surface area contributed by atoms with Crippen LogP contribution in [0.25, 0.3) is 5.65 Å². The van der Waals surface area contributed by atoms with E-state index in [0.29, 0.717) is 12.1 Å². The van der Waals surface area contributed by atoms with Crippen molar-refractivity contribution in [2.24, 2.45) is 5.73 Å². The lowest BCUT2D eigenvalue weighted by Crippen LogP contribution is -2.24. The summed E-state index contributed by atoms with van der Waals surface area (Å²) in [5, 5.41) is 2.81. The molecule has 0 aliphatic heterocycles. The number of nitrogens with zero attached hydrogens (tertiary/aromatic N) is 2. The van der Waals surface area contributed by atoms with E-state index in [1.54, 1.807) is 12.3 Å². The third-order valence-corrected chi connectivity index (χ3v) is 3.62. The number of amides is 1. The molecule has 3 aromatic rings. The molecule has 0 fully saturated rings. The molecule has 6 nitrogen and oxygen atoms in total. The summed E-state index contributed by atoms with van der Waals surface area (Å²) in [6, 6.07) is 5.51. The molecular weight excluding hydrogens is 336 g/mol. The number of carbonyl (C=O) groups excluding carboxylic acids is 1. The number of rotatable bonds is 4. The molecule has 0 aromatic carbocycles. The summed E-state index contributed by atoms with van der Waals surface area (Å²) in [5.41, 5.74) is 7.94. The molecule has 3 N–H and O–H groups in total. The van der Waals surface area contributed by atoms with Crippen LogP contribution in [-0.2, 0) is 13.1 Å². The summed E-state index contributed by atoms with van der Waals surface area (Å²) < 4.78 is 8.03. The second-order valence-corrected chi connectivity index (χ2v) is 5.40. The summed E-state index contributed by atoms with van der Waals surface area (Å²) in [6.45, 7) is 0.614. The standard InChI is InChI=1S/C14H13BrN4O2/c15-10-1-2-12-17-6-11(19(12)8-10)7-18-14(20)13-9(5-16)3-4-21-13/h1-4,6,8H,5,7,16H2,(H,18,20). The first-order valence-electron chi connectivity index (χ1n) is 6.35. The van der Waals surface area contributed by atoms with Crippen LogP contribution in [0.4, 0.5) is 0 Å². The molecule has 0 aliphatic carbocycles. The fraction of sp³-hybridized carbons (Fsp3) is 0.143. The van der Waals surface area contributed by atoms with Gasteiger partial charge in [0, 0.05) is 22.8 Å². The Hall–Kier alpha value is -2.12. The van der Waals surface area contributed by atoms with Crippen molar-refractivity contribution in [2.45, 2.75) is 13.1 Å². The number of carbonyl (C=O) groups is 1. The van der Waals surface area contributed by atoms with Crippen molar-refractivity contribution in [2.75, 3.05) is 0 Å².